The molecule has 0 bridgehead atoms. The number of rotatable bonds is 11. The van der Waals surface area contributed by atoms with E-state index in [0.717, 1.165) is 5.56 Å². The maximum atomic E-state index is 12.2. The summed E-state index contributed by atoms with van der Waals surface area (Å²) in [6.45, 7) is 7.96. The summed E-state index contributed by atoms with van der Waals surface area (Å²) >= 11 is 0. The van der Waals surface area contributed by atoms with E-state index < -0.39 is 16.1 Å². The van der Waals surface area contributed by atoms with Gasteiger partial charge in [0.2, 0.25) is 10.0 Å². The largest absolute Gasteiger partial charge is 0.388 e. The molecular formula is C18H33IN4O3S. The summed E-state index contributed by atoms with van der Waals surface area (Å²) in [5, 5.41) is 16.3. The Morgan fingerprint density at radius 2 is 1.78 bits per heavy atom. The molecule has 0 aliphatic heterocycles. The number of benzene rings is 1. The van der Waals surface area contributed by atoms with Crippen LogP contribution in [0.3, 0.4) is 0 Å². The quantitative estimate of drug-likeness (QED) is 0.240. The van der Waals surface area contributed by atoms with Gasteiger partial charge in [-0.2, -0.15) is 0 Å². The van der Waals surface area contributed by atoms with E-state index >= 15 is 0 Å². The fourth-order valence-electron chi connectivity index (χ4n) is 2.53. The molecule has 1 rings (SSSR count). The van der Waals surface area contributed by atoms with Crippen LogP contribution in [0, 0.1) is 0 Å². The number of halogens is 1. The molecule has 1 unspecified atom stereocenters. The SMILES string of the molecule is CCNC(=NCCC(O)c1ccccc1)NCCS(=O)(=O)N(CC)CC.I. The van der Waals surface area contributed by atoms with Crippen molar-refractivity contribution in [3.8, 4) is 0 Å². The van der Waals surface area contributed by atoms with E-state index in [1.54, 1.807) is 0 Å². The Balaban J connectivity index is 0.00000676. The smallest absolute Gasteiger partial charge is 0.215 e. The molecule has 0 aliphatic carbocycles. The summed E-state index contributed by atoms with van der Waals surface area (Å²) in [6, 6.07) is 9.47. The van der Waals surface area contributed by atoms with E-state index in [0.29, 0.717) is 38.6 Å². The zero-order valence-corrected chi connectivity index (χ0v) is 19.5. The second-order valence-corrected chi connectivity index (χ2v) is 7.89. The number of guanidine groups is 1. The van der Waals surface area contributed by atoms with Gasteiger partial charge >= 0.3 is 0 Å². The highest BCUT2D eigenvalue weighted by molar-refractivity contribution is 14.0. The third kappa shape index (κ3) is 9.72. The van der Waals surface area contributed by atoms with Gasteiger partial charge in [0.05, 0.1) is 11.9 Å². The Morgan fingerprint density at radius 1 is 1.15 bits per heavy atom. The minimum absolute atomic E-state index is 0. The monoisotopic (exact) mass is 512 g/mol. The molecule has 0 amide bonds. The van der Waals surface area contributed by atoms with Crippen LogP contribution >= 0.6 is 24.0 Å². The Kier molecular flexibility index (Phi) is 13.7. The lowest BCUT2D eigenvalue weighted by Gasteiger charge is -2.19. The predicted molar refractivity (Wildman–Crippen MR) is 122 cm³/mol. The van der Waals surface area contributed by atoms with Gasteiger partial charge in [0.25, 0.3) is 0 Å². The minimum Gasteiger partial charge on any atom is -0.388 e. The maximum Gasteiger partial charge on any atom is 0.215 e. The lowest BCUT2D eigenvalue weighted by Crippen LogP contribution is -2.42. The average Bonchev–Trinajstić information content (AvgIpc) is 2.63. The number of aliphatic imine (C=N–C) groups is 1. The van der Waals surface area contributed by atoms with Gasteiger partial charge in [0, 0.05) is 32.7 Å². The molecule has 27 heavy (non-hydrogen) atoms. The average molecular weight is 512 g/mol. The highest BCUT2D eigenvalue weighted by Crippen LogP contribution is 2.15. The van der Waals surface area contributed by atoms with Gasteiger partial charge in [-0.25, -0.2) is 12.7 Å². The van der Waals surface area contributed by atoms with Crippen LogP contribution in [0.25, 0.3) is 0 Å². The number of aliphatic hydroxyl groups excluding tert-OH is 1. The zero-order chi connectivity index (χ0) is 19.4. The van der Waals surface area contributed by atoms with Crippen molar-refractivity contribution in [2.75, 3.05) is 38.5 Å². The van der Waals surface area contributed by atoms with Gasteiger partial charge in [0.1, 0.15) is 0 Å². The van der Waals surface area contributed by atoms with Crippen LogP contribution in [0.15, 0.2) is 35.3 Å². The fraction of sp³-hybridized carbons (Fsp3) is 0.611. The number of nitrogens with one attached hydrogen (secondary N) is 2. The van der Waals surface area contributed by atoms with Gasteiger partial charge in [-0.15, -0.1) is 24.0 Å². The van der Waals surface area contributed by atoms with E-state index in [1.165, 1.54) is 4.31 Å². The highest BCUT2D eigenvalue weighted by Gasteiger charge is 2.18. The standard InChI is InChI=1S/C18H32N4O3S.HI/c1-4-19-18(21-14-15-26(24,25)22(5-2)6-3)20-13-12-17(23)16-10-8-7-9-11-16;/h7-11,17,23H,4-6,12-15H2,1-3H3,(H2,19,20,21);1H. The number of aliphatic hydroxyl groups is 1. The Labute approximate surface area is 180 Å². The predicted octanol–water partition coefficient (Wildman–Crippen LogP) is 1.95. The molecule has 0 fully saturated rings. The molecule has 7 nitrogen and oxygen atoms in total. The third-order valence-electron chi connectivity index (χ3n) is 3.95. The lowest BCUT2D eigenvalue weighted by atomic mass is 10.1. The first-order valence-electron chi connectivity index (χ1n) is 9.17. The van der Waals surface area contributed by atoms with Crippen LogP contribution in [0.4, 0.5) is 0 Å². The Hall–Kier alpha value is -0.910. The topological polar surface area (TPSA) is 94.0 Å². The fourth-order valence-corrected chi connectivity index (χ4v) is 3.93. The number of nitrogens with zero attached hydrogens (tertiary/aromatic N) is 2. The summed E-state index contributed by atoms with van der Waals surface area (Å²) in [4.78, 5) is 4.41. The van der Waals surface area contributed by atoms with Gasteiger partial charge < -0.3 is 15.7 Å². The number of hydrogen-bond donors (Lipinski definition) is 3. The normalized spacial score (nSPS) is 13.1. The van der Waals surface area contributed by atoms with Crippen LogP contribution < -0.4 is 10.6 Å². The molecule has 0 aromatic heterocycles. The Morgan fingerprint density at radius 3 is 2.33 bits per heavy atom. The minimum atomic E-state index is -3.26. The van der Waals surface area contributed by atoms with Crippen molar-refractivity contribution in [2.45, 2.75) is 33.3 Å². The van der Waals surface area contributed by atoms with Crippen LogP contribution in [-0.2, 0) is 10.0 Å². The first-order valence-corrected chi connectivity index (χ1v) is 10.8. The maximum absolute atomic E-state index is 12.2. The molecule has 0 spiro atoms. The molecule has 0 aliphatic rings. The summed E-state index contributed by atoms with van der Waals surface area (Å²) < 4.78 is 25.8. The molecule has 0 heterocycles. The van der Waals surface area contributed by atoms with E-state index in [1.807, 2.05) is 51.1 Å². The highest BCUT2D eigenvalue weighted by atomic mass is 127. The van der Waals surface area contributed by atoms with Gasteiger partial charge in [-0.3, -0.25) is 4.99 Å². The summed E-state index contributed by atoms with van der Waals surface area (Å²) in [5.74, 6) is 0.577. The van der Waals surface area contributed by atoms with Crippen molar-refractivity contribution < 1.29 is 13.5 Å². The number of sulfonamides is 1. The van der Waals surface area contributed by atoms with Crippen molar-refractivity contribution in [1.29, 1.82) is 0 Å². The van der Waals surface area contributed by atoms with Crippen molar-refractivity contribution >= 4 is 40.0 Å². The van der Waals surface area contributed by atoms with Gasteiger partial charge in [-0.05, 0) is 18.9 Å². The summed E-state index contributed by atoms with van der Waals surface area (Å²) in [6.07, 6.45) is -0.0657. The molecule has 1 aromatic rings. The lowest BCUT2D eigenvalue weighted by molar-refractivity contribution is 0.170. The van der Waals surface area contributed by atoms with Crippen LogP contribution in [0.1, 0.15) is 38.9 Å². The molecule has 3 N–H and O–H groups in total. The second-order valence-electron chi connectivity index (χ2n) is 5.80. The van der Waals surface area contributed by atoms with Gasteiger partial charge in [0.15, 0.2) is 5.96 Å². The van der Waals surface area contributed by atoms with Crippen molar-refractivity contribution in [3.63, 3.8) is 0 Å². The van der Waals surface area contributed by atoms with E-state index in [-0.39, 0.29) is 36.3 Å². The first kappa shape index (κ1) is 26.1. The zero-order valence-electron chi connectivity index (χ0n) is 16.4. The van der Waals surface area contributed by atoms with Crippen molar-refractivity contribution in [1.82, 2.24) is 14.9 Å². The molecule has 0 radical (unpaired) electrons. The molecule has 1 atom stereocenters. The molecule has 1 aromatic carbocycles. The van der Waals surface area contributed by atoms with Crippen LogP contribution in [-0.4, -0.2) is 62.3 Å². The molecule has 0 saturated heterocycles. The molecular weight excluding hydrogens is 479 g/mol. The second kappa shape index (κ2) is 14.1. The van der Waals surface area contributed by atoms with Gasteiger partial charge in [-0.1, -0.05) is 44.2 Å². The van der Waals surface area contributed by atoms with Crippen LogP contribution in [0.2, 0.25) is 0 Å². The summed E-state index contributed by atoms with van der Waals surface area (Å²) in [5.41, 5.74) is 0.867. The van der Waals surface area contributed by atoms with E-state index in [9.17, 15) is 13.5 Å². The van der Waals surface area contributed by atoms with Crippen molar-refractivity contribution in [3.05, 3.63) is 35.9 Å². The molecule has 9 heteroatoms. The van der Waals surface area contributed by atoms with E-state index in [4.69, 9.17) is 0 Å². The van der Waals surface area contributed by atoms with E-state index in [2.05, 4.69) is 15.6 Å². The first-order chi connectivity index (χ1) is 12.4. The summed E-state index contributed by atoms with van der Waals surface area (Å²) in [7, 11) is -3.26. The molecule has 0 saturated carbocycles. The van der Waals surface area contributed by atoms with Crippen molar-refractivity contribution in [2.24, 2.45) is 4.99 Å². The van der Waals surface area contributed by atoms with Crippen LogP contribution in [0.5, 0.6) is 0 Å². The third-order valence-corrected chi connectivity index (χ3v) is 5.98. The molecule has 156 valence electrons. The number of hydrogen-bond acceptors (Lipinski definition) is 4. The Bertz CT molecular complexity index is 637.